The van der Waals surface area contributed by atoms with Crippen LogP contribution in [-0.4, -0.2) is 61.5 Å². The molecule has 5 rings (SSSR count). The van der Waals surface area contributed by atoms with Gasteiger partial charge in [-0.15, -0.1) is 24.8 Å². The van der Waals surface area contributed by atoms with E-state index in [4.69, 9.17) is 12.6 Å². The second-order valence-corrected chi connectivity index (χ2v) is 12.1. The monoisotopic (exact) mass is 706 g/mol. The molecule has 0 unspecified atom stereocenters. The van der Waals surface area contributed by atoms with Crippen molar-refractivity contribution in [2.45, 2.75) is 21.6 Å². The Morgan fingerprint density at radius 1 is 0.721 bits per heavy atom. The number of aryl methyl sites for hydroxylation is 1. The van der Waals surface area contributed by atoms with Gasteiger partial charge in [-0.2, -0.15) is 12.1 Å². The molecule has 206 valence electrons. The molecule has 2 N–H and O–H groups in total. The van der Waals surface area contributed by atoms with Crippen LogP contribution in [0.3, 0.4) is 0 Å². The van der Waals surface area contributed by atoms with Crippen molar-refractivity contribution in [2.75, 3.05) is 10.6 Å². The van der Waals surface area contributed by atoms with E-state index in [-0.39, 0.29) is 141 Å². The largest absolute Gasteiger partial charge is 1.00 e. The van der Waals surface area contributed by atoms with Gasteiger partial charge in [0.2, 0.25) is 0 Å². The molecule has 1 aliphatic heterocycles. The summed E-state index contributed by atoms with van der Waals surface area (Å²) in [6, 6.07) is 9.08. The Morgan fingerprint density at radius 2 is 1.19 bits per heavy atom. The van der Waals surface area contributed by atoms with Crippen LogP contribution in [0.2, 0.25) is 0 Å². The van der Waals surface area contributed by atoms with E-state index in [1.807, 2.05) is 0 Å². The Kier molecular flexibility index (Phi) is 15.9. The van der Waals surface area contributed by atoms with Crippen LogP contribution >= 0.6 is 0 Å². The summed E-state index contributed by atoms with van der Waals surface area (Å²) in [5.41, 5.74) is -3.08. The molecular formula is C19H10N4Na4O12S4. The Labute approximate surface area is 334 Å². The number of fused-ring (bicyclic) bond motifs is 4. The minimum atomic E-state index is -5.45. The first kappa shape index (κ1) is 43.2. The summed E-state index contributed by atoms with van der Waals surface area (Å²) in [6.45, 7) is 1.44. The van der Waals surface area contributed by atoms with Gasteiger partial charge in [0, 0.05) is 0 Å². The maximum Gasteiger partial charge on any atom is 1.00 e. The Hall–Kier alpha value is 0.210. The van der Waals surface area contributed by atoms with E-state index in [1.54, 1.807) is 0 Å². The van der Waals surface area contributed by atoms with Crippen molar-refractivity contribution in [3.63, 3.8) is 0 Å². The van der Waals surface area contributed by atoms with Crippen LogP contribution in [-0.2, 0) is 41.0 Å². The Morgan fingerprint density at radius 3 is 1.65 bits per heavy atom. The molecule has 1 aromatic heterocycles. The van der Waals surface area contributed by atoms with E-state index in [0.29, 0.717) is 0 Å². The van der Waals surface area contributed by atoms with E-state index >= 15 is 0 Å². The smallest absolute Gasteiger partial charge is 0.744 e. The summed E-state index contributed by atoms with van der Waals surface area (Å²) < 4.78 is 135. The second-order valence-electron chi connectivity index (χ2n) is 7.75. The Balaban J connectivity index is 0.00000208. The summed E-state index contributed by atoms with van der Waals surface area (Å²) in [7, 11) is -19.1. The van der Waals surface area contributed by atoms with E-state index < -0.39 is 83.7 Å². The maximum atomic E-state index is 12.4. The van der Waals surface area contributed by atoms with Crippen molar-refractivity contribution < 1.29 is 170 Å². The summed E-state index contributed by atoms with van der Waals surface area (Å²) >= 11 is 0. The average molecular weight is 707 g/mol. The van der Waals surface area contributed by atoms with Crippen LogP contribution in [0, 0.1) is 13.0 Å². The first-order valence-corrected chi connectivity index (χ1v) is 15.1. The van der Waals surface area contributed by atoms with Crippen molar-refractivity contribution in [2.24, 2.45) is 0 Å². The molecule has 0 amide bonds. The number of hydrogen-bond donors (Lipinski definition) is 2. The molecule has 0 fully saturated rings. The zero-order valence-corrected chi connectivity index (χ0v) is 34.1. The van der Waals surface area contributed by atoms with Gasteiger partial charge in [0.05, 0.1) is 33.2 Å². The first-order chi connectivity index (χ1) is 17.9. The topological polar surface area (TPSA) is 273 Å². The number of hydrogen-bond acceptors (Lipinski definition) is 16. The van der Waals surface area contributed by atoms with Gasteiger partial charge < -0.3 is 29.3 Å². The number of anilines is 4. The molecule has 0 radical (unpaired) electrons. The summed E-state index contributed by atoms with van der Waals surface area (Å²) in [5, 5.41) is 4.87. The van der Waals surface area contributed by atoms with Crippen LogP contribution in [0.4, 0.5) is 22.7 Å². The summed E-state index contributed by atoms with van der Waals surface area (Å²) in [5.74, 6) is 0. The molecule has 0 saturated carbocycles. The van der Waals surface area contributed by atoms with Gasteiger partial charge in [-0.25, -0.2) is 25.3 Å². The van der Waals surface area contributed by atoms with Crippen molar-refractivity contribution >= 4 is 85.8 Å². The van der Waals surface area contributed by atoms with Crippen molar-refractivity contribution in [1.82, 2.24) is 9.97 Å². The second kappa shape index (κ2) is 15.9. The third-order valence-electron chi connectivity index (χ3n) is 5.17. The summed E-state index contributed by atoms with van der Waals surface area (Å²) in [4.78, 5) is 5.20. The predicted molar refractivity (Wildman–Crippen MR) is 127 cm³/mol. The standard InChI is InChI=1S/C19H13N4O9S3.4Na.O3S/c1-8-6-11-13(12(7-8)33(24,25)26)23-17-16(22-11)18(34(27,28)29)14-15(19(17)35(30,31)32)21-10-5-3-2-4-9(10)20-14;;;;;1-4(2)3/h2,4-7,22-23H,1H3,(H,24,25,26)(H,27,28,29)(H,30,31,32);;;;;/q-1;4*+1;/p-3. The fourth-order valence-corrected chi connectivity index (χ4v) is 6.19. The number of aromatic nitrogens is 2. The molecule has 3 aromatic carbocycles. The van der Waals surface area contributed by atoms with Gasteiger partial charge in [0.15, 0.2) is 0 Å². The summed E-state index contributed by atoms with van der Waals surface area (Å²) in [6.07, 6.45) is 0. The quantitative estimate of drug-likeness (QED) is 0.0763. The number of benzene rings is 3. The van der Waals surface area contributed by atoms with Crippen LogP contribution < -0.4 is 129 Å². The first-order valence-electron chi connectivity index (χ1n) is 9.90. The van der Waals surface area contributed by atoms with E-state index in [2.05, 4.69) is 26.7 Å². The third-order valence-corrected chi connectivity index (χ3v) is 7.82. The molecule has 0 saturated heterocycles. The van der Waals surface area contributed by atoms with Gasteiger partial charge >= 0.3 is 129 Å². The number of nitrogens with one attached hydrogen (secondary N) is 2. The molecule has 0 atom stereocenters. The molecule has 16 nitrogen and oxygen atoms in total. The molecule has 0 aliphatic carbocycles. The minimum Gasteiger partial charge on any atom is -0.744 e. The fourth-order valence-electron chi connectivity index (χ4n) is 3.89. The van der Waals surface area contributed by atoms with Crippen molar-refractivity contribution in [1.29, 1.82) is 0 Å². The molecule has 0 bridgehead atoms. The van der Waals surface area contributed by atoms with Gasteiger partial charge in [-0.3, -0.25) is 4.98 Å². The van der Waals surface area contributed by atoms with E-state index in [1.165, 1.54) is 31.2 Å². The molecule has 4 aromatic rings. The van der Waals surface area contributed by atoms with Crippen LogP contribution in [0.1, 0.15) is 5.56 Å². The Bertz CT molecular complexity index is 2180. The third kappa shape index (κ3) is 9.40. The predicted octanol–water partition coefficient (Wildman–Crippen LogP) is -11.6. The number of nitrogens with zero attached hydrogens (tertiary/aromatic N) is 2. The zero-order chi connectivity index (χ0) is 29.1. The SMILES string of the molecule is Cc1cc2c(c(S(=O)(=O)[O-])c1)Nc1c(c(S(=O)(=O)[O-])c3nc4cc[c-]cc4nc3c1S(=O)(=O)[O-])N2.O=S(=O)=O.[Na+].[Na+].[Na+].[Na+]. The average Bonchev–Trinajstić information content (AvgIpc) is 2.76. The molecule has 2 heterocycles. The molecule has 0 spiro atoms. The maximum absolute atomic E-state index is 12.4. The fraction of sp³-hybridized carbons (Fsp3) is 0.0526. The number of rotatable bonds is 3. The molecule has 43 heavy (non-hydrogen) atoms. The van der Waals surface area contributed by atoms with Crippen LogP contribution in [0.25, 0.3) is 22.1 Å². The van der Waals surface area contributed by atoms with Crippen molar-refractivity contribution in [3.8, 4) is 0 Å². The molecule has 1 aliphatic rings. The van der Waals surface area contributed by atoms with Crippen LogP contribution in [0.5, 0.6) is 0 Å². The van der Waals surface area contributed by atoms with Crippen molar-refractivity contribution in [3.05, 3.63) is 42.0 Å². The van der Waals surface area contributed by atoms with Gasteiger partial charge in [-0.1, -0.05) is 0 Å². The zero-order valence-electron chi connectivity index (χ0n) is 22.8. The van der Waals surface area contributed by atoms with Gasteiger partial charge in [0.25, 0.3) is 0 Å². The minimum absolute atomic E-state index is 0. The van der Waals surface area contributed by atoms with Gasteiger partial charge in [0.1, 0.15) is 45.7 Å². The van der Waals surface area contributed by atoms with E-state index in [9.17, 15) is 38.9 Å². The van der Waals surface area contributed by atoms with Crippen LogP contribution in [0.15, 0.2) is 45.0 Å². The normalized spacial score (nSPS) is 11.7. The van der Waals surface area contributed by atoms with Gasteiger partial charge in [-0.05, 0) is 35.7 Å². The molecule has 24 heteroatoms. The molecular weight excluding hydrogens is 696 g/mol. The van der Waals surface area contributed by atoms with E-state index in [0.717, 1.165) is 6.07 Å².